The largest absolute Gasteiger partial charge is 0.375 e. The summed E-state index contributed by atoms with van der Waals surface area (Å²) in [6.07, 6.45) is 1.40. The minimum atomic E-state index is -3.11. The first kappa shape index (κ1) is 13.8. The molecule has 0 aliphatic heterocycles. The van der Waals surface area contributed by atoms with Gasteiger partial charge in [-0.25, -0.2) is 13.4 Å². The minimum Gasteiger partial charge on any atom is -0.375 e. The highest BCUT2D eigenvalue weighted by Crippen LogP contribution is 2.23. The van der Waals surface area contributed by atoms with Gasteiger partial charge < -0.3 is 5.73 Å². The summed E-state index contributed by atoms with van der Waals surface area (Å²) >= 11 is 1.38. The molecule has 2 N–H and O–H groups in total. The van der Waals surface area contributed by atoms with E-state index in [4.69, 9.17) is 5.73 Å². The third-order valence-corrected chi connectivity index (χ3v) is 4.72. The zero-order valence-corrected chi connectivity index (χ0v) is 11.9. The lowest BCUT2D eigenvalue weighted by molar-refractivity contribution is 0.598. The van der Waals surface area contributed by atoms with E-state index in [0.29, 0.717) is 5.13 Å². The van der Waals surface area contributed by atoms with Crippen LogP contribution < -0.4 is 5.73 Å². The van der Waals surface area contributed by atoms with Gasteiger partial charge in [-0.15, -0.1) is 17.9 Å². The molecule has 0 saturated heterocycles. The highest BCUT2D eigenvalue weighted by Gasteiger charge is 2.10. The fraction of sp³-hybridized carbons (Fsp3) is 0.154. The van der Waals surface area contributed by atoms with Gasteiger partial charge in [-0.1, -0.05) is 30.3 Å². The van der Waals surface area contributed by atoms with Crippen LogP contribution in [-0.4, -0.2) is 19.2 Å². The van der Waals surface area contributed by atoms with E-state index in [-0.39, 0.29) is 11.5 Å². The van der Waals surface area contributed by atoms with Gasteiger partial charge in [0.15, 0.2) is 15.0 Å². The Balaban J connectivity index is 2.17. The Kier molecular flexibility index (Phi) is 4.01. The van der Waals surface area contributed by atoms with Crippen LogP contribution in [0.1, 0.15) is 5.56 Å². The fourth-order valence-corrected chi connectivity index (χ4v) is 3.43. The Morgan fingerprint density at radius 3 is 2.53 bits per heavy atom. The van der Waals surface area contributed by atoms with E-state index in [2.05, 4.69) is 11.6 Å². The molecule has 0 aliphatic rings. The lowest BCUT2D eigenvalue weighted by Gasteiger charge is -2.03. The van der Waals surface area contributed by atoms with Gasteiger partial charge in [0.2, 0.25) is 0 Å². The van der Waals surface area contributed by atoms with Crippen molar-refractivity contribution in [3.8, 4) is 11.3 Å². The van der Waals surface area contributed by atoms with E-state index in [1.807, 2.05) is 17.5 Å². The van der Waals surface area contributed by atoms with Crippen molar-refractivity contribution in [3.05, 3.63) is 47.9 Å². The number of nitrogen functional groups attached to an aromatic ring is 1. The van der Waals surface area contributed by atoms with Crippen LogP contribution in [0.4, 0.5) is 5.13 Å². The van der Waals surface area contributed by atoms with Crippen molar-refractivity contribution in [1.29, 1.82) is 0 Å². The number of thiazole rings is 1. The molecular weight excluding hydrogens is 280 g/mol. The molecule has 0 unspecified atom stereocenters. The van der Waals surface area contributed by atoms with E-state index in [1.54, 1.807) is 12.1 Å². The van der Waals surface area contributed by atoms with Crippen LogP contribution in [0.15, 0.2) is 42.3 Å². The summed E-state index contributed by atoms with van der Waals surface area (Å²) in [5.41, 5.74) is 8.08. The number of nitrogens with zero attached hydrogens (tertiary/aromatic N) is 1. The highest BCUT2D eigenvalue weighted by atomic mass is 32.2. The van der Waals surface area contributed by atoms with Crippen molar-refractivity contribution < 1.29 is 8.42 Å². The molecule has 100 valence electrons. The molecule has 1 aromatic heterocycles. The third-order valence-electron chi connectivity index (χ3n) is 2.53. The Morgan fingerprint density at radius 1 is 1.32 bits per heavy atom. The molecule has 0 fully saturated rings. The SMILES string of the molecule is C=CCS(=O)(=O)Cc1ccc(-c2csc(N)n2)cc1. The standard InChI is InChI=1S/C13H14N2O2S2/c1-2-7-19(16,17)9-10-3-5-11(6-4-10)12-8-18-13(14)15-12/h2-6,8H,1,7,9H2,(H2,14,15). The lowest BCUT2D eigenvalue weighted by Crippen LogP contribution is -2.07. The summed E-state index contributed by atoms with van der Waals surface area (Å²) < 4.78 is 23.3. The first-order valence-corrected chi connectivity index (χ1v) is 8.32. The number of rotatable bonds is 5. The molecule has 1 heterocycles. The molecule has 2 rings (SSSR count). The smallest absolute Gasteiger partial charge is 0.180 e. The predicted octanol–water partition coefficient (Wildman–Crippen LogP) is 2.49. The predicted molar refractivity (Wildman–Crippen MR) is 79.7 cm³/mol. The number of hydrogen-bond donors (Lipinski definition) is 1. The Hall–Kier alpha value is -1.66. The maximum Gasteiger partial charge on any atom is 0.180 e. The Labute approximate surface area is 116 Å². The van der Waals surface area contributed by atoms with Crippen molar-refractivity contribution in [3.63, 3.8) is 0 Å². The monoisotopic (exact) mass is 294 g/mol. The summed E-state index contributed by atoms with van der Waals surface area (Å²) in [5, 5.41) is 2.39. The van der Waals surface area contributed by atoms with E-state index < -0.39 is 9.84 Å². The third kappa shape index (κ3) is 3.65. The molecule has 0 bridgehead atoms. The summed E-state index contributed by atoms with van der Waals surface area (Å²) in [6, 6.07) is 7.30. The van der Waals surface area contributed by atoms with Gasteiger partial charge in [0.05, 0.1) is 17.2 Å². The van der Waals surface area contributed by atoms with Gasteiger partial charge in [0.1, 0.15) is 0 Å². The van der Waals surface area contributed by atoms with Gasteiger partial charge in [0.25, 0.3) is 0 Å². The quantitative estimate of drug-likeness (QED) is 0.860. The van der Waals surface area contributed by atoms with E-state index in [1.165, 1.54) is 17.4 Å². The first-order valence-electron chi connectivity index (χ1n) is 5.62. The van der Waals surface area contributed by atoms with Crippen molar-refractivity contribution in [2.75, 3.05) is 11.5 Å². The molecule has 4 nitrogen and oxygen atoms in total. The molecule has 0 saturated carbocycles. The van der Waals surface area contributed by atoms with Crippen LogP contribution in [0.25, 0.3) is 11.3 Å². The summed E-state index contributed by atoms with van der Waals surface area (Å²) in [4.78, 5) is 4.18. The average Bonchev–Trinajstić information content (AvgIpc) is 2.76. The molecule has 0 amide bonds. The molecule has 0 aliphatic carbocycles. The second-order valence-electron chi connectivity index (χ2n) is 4.11. The number of sulfone groups is 1. The molecule has 1 aromatic carbocycles. The van der Waals surface area contributed by atoms with Gasteiger partial charge in [-0.3, -0.25) is 0 Å². The number of aromatic nitrogens is 1. The van der Waals surface area contributed by atoms with Crippen molar-refractivity contribution in [2.24, 2.45) is 0 Å². The lowest BCUT2D eigenvalue weighted by atomic mass is 10.1. The maximum absolute atomic E-state index is 11.7. The van der Waals surface area contributed by atoms with Crippen molar-refractivity contribution in [2.45, 2.75) is 5.75 Å². The van der Waals surface area contributed by atoms with E-state index in [0.717, 1.165) is 16.8 Å². The Morgan fingerprint density at radius 2 is 2.00 bits per heavy atom. The average molecular weight is 294 g/mol. The van der Waals surface area contributed by atoms with Crippen LogP contribution in [0.3, 0.4) is 0 Å². The second-order valence-corrected chi connectivity index (χ2v) is 7.11. The molecule has 2 aromatic rings. The number of hydrogen-bond acceptors (Lipinski definition) is 5. The molecule has 6 heteroatoms. The minimum absolute atomic E-state index is 0.00261. The van der Waals surface area contributed by atoms with Gasteiger partial charge in [0, 0.05) is 10.9 Å². The van der Waals surface area contributed by atoms with Crippen LogP contribution in [0.2, 0.25) is 0 Å². The topological polar surface area (TPSA) is 73.0 Å². The number of benzene rings is 1. The van der Waals surface area contributed by atoms with Crippen LogP contribution in [0.5, 0.6) is 0 Å². The van der Waals surface area contributed by atoms with Gasteiger partial charge in [-0.2, -0.15) is 0 Å². The summed E-state index contributed by atoms with van der Waals surface area (Å²) in [5.74, 6) is 0.0237. The van der Waals surface area contributed by atoms with Crippen LogP contribution in [0, 0.1) is 0 Å². The first-order chi connectivity index (χ1) is 9.00. The summed E-state index contributed by atoms with van der Waals surface area (Å²) in [7, 11) is -3.11. The number of anilines is 1. The molecule has 0 spiro atoms. The van der Waals surface area contributed by atoms with E-state index >= 15 is 0 Å². The van der Waals surface area contributed by atoms with E-state index in [9.17, 15) is 8.42 Å². The molecule has 0 radical (unpaired) electrons. The molecular formula is C13H14N2O2S2. The van der Waals surface area contributed by atoms with Crippen molar-refractivity contribution in [1.82, 2.24) is 4.98 Å². The molecule has 0 atom stereocenters. The van der Waals surface area contributed by atoms with Gasteiger partial charge in [-0.05, 0) is 5.56 Å². The molecule has 19 heavy (non-hydrogen) atoms. The zero-order valence-electron chi connectivity index (χ0n) is 10.2. The maximum atomic E-state index is 11.7. The van der Waals surface area contributed by atoms with Crippen molar-refractivity contribution >= 4 is 26.3 Å². The summed E-state index contributed by atoms with van der Waals surface area (Å²) in [6.45, 7) is 3.45. The van der Waals surface area contributed by atoms with Crippen LogP contribution >= 0.6 is 11.3 Å². The van der Waals surface area contributed by atoms with Gasteiger partial charge >= 0.3 is 0 Å². The zero-order chi connectivity index (χ0) is 13.9. The normalized spacial score (nSPS) is 11.4. The highest BCUT2D eigenvalue weighted by molar-refractivity contribution is 7.90. The fourth-order valence-electron chi connectivity index (χ4n) is 1.68. The number of nitrogens with two attached hydrogens (primary N) is 1. The van der Waals surface area contributed by atoms with Crippen LogP contribution in [-0.2, 0) is 15.6 Å². The Bertz CT molecular complexity index is 673. The second kappa shape index (κ2) is 5.54.